The molecule has 3 heteroatoms. The molecule has 1 atom stereocenters. The molecule has 1 aromatic heterocycles. The Bertz CT molecular complexity index is 306. The Balaban J connectivity index is 1.77. The number of rotatable bonds is 7. The summed E-state index contributed by atoms with van der Waals surface area (Å²) in [7, 11) is 0. The van der Waals surface area contributed by atoms with Crippen molar-refractivity contribution < 1.29 is 5.11 Å². The summed E-state index contributed by atoms with van der Waals surface area (Å²) >= 11 is 1.83. The lowest BCUT2D eigenvalue weighted by molar-refractivity contribution is 0.203. The zero-order valence-corrected chi connectivity index (χ0v) is 10.7. The molecular formula is C13H21NOS. The van der Waals surface area contributed by atoms with Gasteiger partial charge in [0.15, 0.2) is 0 Å². The smallest absolute Gasteiger partial charge is 0.0499 e. The molecule has 0 bridgehead atoms. The zero-order valence-electron chi connectivity index (χ0n) is 9.91. The first-order valence-corrected chi connectivity index (χ1v) is 7.02. The fourth-order valence-electron chi connectivity index (χ4n) is 1.96. The van der Waals surface area contributed by atoms with Crippen LogP contribution in [0.5, 0.6) is 0 Å². The average Bonchev–Trinajstić information content (AvgIpc) is 2.92. The monoisotopic (exact) mass is 239 g/mol. The molecule has 0 saturated heterocycles. The van der Waals surface area contributed by atoms with Crippen molar-refractivity contribution in [1.82, 2.24) is 5.32 Å². The highest BCUT2D eigenvalue weighted by Crippen LogP contribution is 2.44. The minimum atomic E-state index is 0.225. The van der Waals surface area contributed by atoms with Gasteiger partial charge in [-0.2, -0.15) is 0 Å². The molecule has 0 spiro atoms. The molecule has 1 saturated carbocycles. The molecule has 16 heavy (non-hydrogen) atoms. The van der Waals surface area contributed by atoms with Gasteiger partial charge in [-0.1, -0.05) is 13.0 Å². The topological polar surface area (TPSA) is 32.3 Å². The van der Waals surface area contributed by atoms with Crippen molar-refractivity contribution >= 4 is 11.3 Å². The molecule has 2 N–H and O–H groups in total. The van der Waals surface area contributed by atoms with E-state index in [1.54, 1.807) is 0 Å². The van der Waals surface area contributed by atoms with Gasteiger partial charge in [-0.25, -0.2) is 0 Å². The third-order valence-electron chi connectivity index (χ3n) is 3.58. The standard InChI is InChI=1S/C13H21NOS/c1-2-11(8-12-4-3-7-16-12)14-9-13(10-15)5-6-13/h3-4,7,11,14-15H,2,5-6,8-10H2,1H3. The number of aliphatic hydroxyl groups is 1. The first-order chi connectivity index (χ1) is 7.78. The summed E-state index contributed by atoms with van der Waals surface area (Å²) in [6.07, 6.45) is 4.65. The predicted molar refractivity (Wildman–Crippen MR) is 68.9 cm³/mol. The maximum atomic E-state index is 9.26. The van der Waals surface area contributed by atoms with Gasteiger partial charge in [0, 0.05) is 29.5 Å². The van der Waals surface area contributed by atoms with Crippen LogP contribution >= 0.6 is 11.3 Å². The Morgan fingerprint density at radius 3 is 2.88 bits per heavy atom. The quantitative estimate of drug-likeness (QED) is 0.766. The van der Waals surface area contributed by atoms with Crippen LogP contribution in [-0.4, -0.2) is 24.3 Å². The SMILES string of the molecule is CCC(Cc1cccs1)NCC1(CO)CC1. The van der Waals surface area contributed by atoms with Gasteiger partial charge in [0.05, 0.1) is 0 Å². The molecule has 1 aromatic rings. The first kappa shape index (κ1) is 12.1. The summed E-state index contributed by atoms with van der Waals surface area (Å²) in [5, 5.41) is 15.0. The van der Waals surface area contributed by atoms with Crippen LogP contribution < -0.4 is 5.32 Å². The Morgan fingerprint density at radius 2 is 2.38 bits per heavy atom. The molecule has 1 aliphatic carbocycles. The molecule has 90 valence electrons. The van der Waals surface area contributed by atoms with Gasteiger partial charge in [0.1, 0.15) is 0 Å². The Hall–Kier alpha value is -0.380. The number of thiophene rings is 1. The van der Waals surface area contributed by atoms with Crippen molar-refractivity contribution in [3.05, 3.63) is 22.4 Å². The molecule has 2 nitrogen and oxygen atoms in total. The van der Waals surface area contributed by atoms with Crippen LogP contribution in [0.15, 0.2) is 17.5 Å². The van der Waals surface area contributed by atoms with Gasteiger partial charge in [-0.3, -0.25) is 0 Å². The highest BCUT2D eigenvalue weighted by atomic mass is 32.1. The molecule has 1 fully saturated rings. The van der Waals surface area contributed by atoms with Crippen molar-refractivity contribution in [2.45, 2.75) is 38.6 Å². The van der Waals surface area contributed by atoms with Gasteiger partial charge in [-0.05, 0) is 37.1 Å². The minimum absolute atomic E-state index is 0.225. The van der Waals surface area contributed by atoms with Crippen LogP contribution in [0, 0.1) is 5.41 Å². The third kappa shape index (κ3) is 3.06. The second-order valence-corrected chi connectivity index (χ2v) is 5.96. The van der Waals surface area contributed by atoms with E-state index in [4.69, 9.17) is 0 Å². The number of nitrogens with one attached hydrogen (secondary N) is 1. The van der Waals surface area contributed by atoms with E-state index in [-0.39, 0.29) is 5.41 Å². The molecule has 1 aliphatic rings. The molecule has 0 aromatic carbocycles. The van der Waals surface area contributed by atoms with Gasteiger partial charge in [-0.15, -0.1) is 11.3 Å². The maximum Gasteiger partial charge on any atom is 0.0499 e. The number of aliphatic hydroxyl groups excluding tert-OH is 1. The molecule has 1 heterocycles. The summed E-state index contributed by atoms with van der Waals surface area (Å²) in [5.74, 6) is 0. The Labute approximate surface area is 102 Å². The summed E-state index contributed by atoms with van der Waals surface area (Å²) < 4.78 is 0. The van der Waals surface area contributed by atoms with Gasteiger partial charge in [0.2, 0.25) is 0 Å². The maximum absolute atomic E-state index is 9.26. The molecule has 0 amide bonds. The van der Waals surface area contributed by atoms with Crippen molar-refractivity contribution in [2.24, 2.45) is 5.41 Å². The summed E-state index contributed by atoms with van der Waals surface area (Å²) in [5.41, 5.74) is 0.225. The highest BCUT2D eigenvalue weighted by molar-refractivity contribution is 7.09. The second-order valence-electron chi connectivity index (χ2n) is 4.93. The van der Waals surface area contributed by atoms with E-state index >= 15 is 0 Å². The highest BCUT2D eigenvalue weighted by Gasteiger charge is 2.41. The fourth-order valence-corrected chi connectivity index (χ4v) is 2.75. The van der Waals surface area contributed by atoms with Crippen molar-refractivity contribution in [1.29, 1.82) is 0 Å². The molecule has 0 radical (unpaired) electrons. The fraction of sp³-hybridized carbons (Fsp3) is 0.692. The van der Waals surface area contributed by atoms with Crippen molar-refractivity contribution in [3.63, 3.8) is 0 Å². The van der Waals surface area contributed by atoms with E-state index in [1.807, 2.05) is 11.3 Å². The largest absolute Gasteiger partial charge is 0.396 e. The Kier molecular flexibility index (Phi) is 4.00. The Morgan fingerprint density at radius 1 is 1.56 bits per heavy atom. The molecular weight excluding hydrogens is 218 g/mol. The lowest BCUT2D eigenvalue weighted by Gasteiger charge is -2.20. The van der Waals surface area contributed by atoms with E-state index < -0.39 is 0 Å². The summed E-state index contributed by atoms with van der Waals surface area (Å²) in [6.45, 7) is 3.55. The van der Waals surface area contributed by atoms with Crippen LogP contribution in [-0.2, 0) is 6.42 Å². The van der Waals surface area contributed by atoms with Crippen LogP contribution in [0.1, 0.15) is 31.1 Å². The molecule has 2 rings (SSSR count). The third-order valence-corrected chi connectivity index (χ3v) is 4.48. The van der Waals surface area contributed by atoms with Gasteiger partial charge >= 0.3 is 0 Å². The van der Waals surface area contributed by atoms with Crippen LogP contribution in [0.4, 0.5) is 0 Å². The van der Waals surface area contributed by atoms with Crippen molar-refractivity contribution in [2.75, 3.05) is 13.2 Å². The van der Waals surface area contributed by atoms with Gasteiger partial charge in [0.25, 0.3) is 0 Å². The zero-order chi connectivity index (χ0) is 11.4. The van der Waals surface area contributed by atoms with Gasteiger partial charge < -0.3 is 10.4 Å². The lowest BCUT2D eigenvalue weighted by atomic mass is 10.1. The van der Waals surface area contributed by atoms with Crippen LogP contribution in [0.25, 0.3) is 0 Å². The number of hydrogen-bond donors (Lipinski definition) is 2. The summed E-state index contributed by atoms with van der Waals surface area (Å²) in [4.78, 5) is 1.45. The first-order valence-electron chi connectivity index (χ1n) is 6.14. The van der Waals surface area contributed by atoms with E-state index in [9.17, 15) is 5.11 Å². The normalized spacial score (nSPS) is 19.6. The molecule has 1 unspecified atom stereocenters. The van der Waals surface area contributed by atoms with E-state index in [0.29, 0.717) is 12.6 Å². The van der Waals surface area contributed by atoms with Crippen molar-refractivity contribution in [3.8, 4) is 0 Å². The van der Waals surface area contributed by atoms with Crippen LogP contribution in [0.2, 0.25) is 0 Å². The number of hydrogen-bond acceptors (Lipinski definition) is 3. The minimum Gasteiger partial charge on any atom is -0.396 e. The average molecular weight is 239 g/mol. The van der Waals surface area contributed by atoms with E-state index in [0.717, 1.165) is 19.4 Å². The predicted octanol–water partition coefficient (Wildman–Crippen LogP) is 2.43. The van der Waals surface area contributed by atoms with Crippen LogP contribution in [0.3, 0.4) is 0 Å². The second kappa shape index (κ2) is 5.30. The van der Waals surface area contributed by atoms with E-state index in [1.165, 1.54) is 17.7 Å². The molecule has 0 aliphatic heterocycles. The lowest BCUT2D eigenvalue weighted by Crippen LogP contribution is -2.36. The van der Waals surface area contributed by atoms with E-state index in [2.05, 4.69) is 29.8 Å². The summed E-state index contributed by atoms with van der Waals surface area (Å²) in [6, 6.07) is 4.87.